The molecule has 4 aromatic rings. The van der Waals surface area contributed by atoms with E-state index >= 15 is 0 Å². The number of nitrogens with zero attached hydrogens (tertiary/aromatic N) is 5. The molecule has 34 heavy (non-hydrogen) atoms. The fraction of sp³-hybridized carbons (Fsp3) is 0.130. The van der Waals surface area contributed by atoms with Crippen LogP contribution in [-0.2, 0) is 4.84 Å². The molecule has 0 N–H and O–H groups in total. The SMILES string of the molecule is C.CON(C)C(=O)c1cccc(Cl)c1-n1cccn1.O=Cc1cccc(Cl)c1-n1cccn1.[B]. The van der Waals surface area contributed by atoms with Gasteiger partial charge >= 0.3 is 0 Å². The first-order chi connectivity index (χ1) is 15.5. The Balaban J connectivity index is 0.000000329. The second-order valence-electron chi connectivity index (χ2n) is 6.32. The summed E-state index contributed by atoms with van der Waals surface area (Å²) in [6, 6.07) is 13.8. The highest BCUT2D eigenvalue weighted by molar-refractivity contribution is 6.33. The summed E-state index contributed by atoms with van der Waals surface area (Å²) in [4.78, 5) is 27.8. The molecule has 2 aromatic carbocycles. The van der Waals surface area contributed by atoms with Crippen LogP contribution in [0.2, 0.25) is 10.0 Å². The molecule has 0 atom stereocenters. The van der Waals surface area contributed by atoms with E-state index in [4.69, 9.17) is 28.0 Å². The third-order valence-electron chi connectivity index (χ3n) is 4.39. The molecule has 0 aliphatic heterocycles. The first-order valence-corrected chi connectivity index (χ1v) is 10.1. The molecule has 1 amide bonds. The number of hydrogen-bond donors (Lipinski definition) is 0. The molecule has 0 spiro atoms. The normalized spacial score (nSPS) is 9.65. The fourth-order valence-corrected chi connectivity index (χ4v) is 3.37. The van der Waals surface area contributed by atoms with Gasteiger partial charge in [-0.05, 0) is 36.4 Å². The molecule has 0 fully saturated rings. The summed E-state index contributed by atoms with van der Waals surface area (Å²) < 4.78 is 3.13. The van der Waals surface area contributed by atoms with Crippen LogP contribution in [0, 0.1) is 0 Å². The Hall–Kier alpha value is -3.40. The van der Waals surface area contributed by atoms with Crippen LogP contribution in [0.1, 0.15) is 28.1 Å². The quantitative estimate of drug-likeness (QED) is 0.225. The average Bonchev–Trinajstić information content (AvgIpc) is 3.52. The van der Waals surface area contributed by atoms with Gasteiger partial charge in [0.15, 0.2) is 6.29 Å². The maximum atomic E-state index is 12.1. The molecule has 0 bridgehead atoms. The molecule has 11 heteroatoms. The molecule has 0 aliphatic carbocycles. The Morgan fingerprint density at radius 2 is 1.47 bits per heavy atom. The lowest BCUT2D eigenvalue weighted by Gasteiger charge is -2.16. The molecular formula is C23H23BCl2N5O3. The number of rotatable bonds is 5. The van der Waals surface area contributed by atoms with Crippen molar-refractivity contribution in [3.63, 3.8) is 0 Å². The number of benzene rings is 2. The monoisotopic (exact) mass is 498 g/mol. The smallest absolute Gasteiger partial charge is 0.279 e. The van der Waals surface area contributed by atoms with Crippen LogP contribution in [0.3, 0.4) is 0 Å². The molecule has 0 aliphatic rings. The second-order valence-corrected chi connectivity index (χ2v) is 7.13. The van der Waals surface area contributed by atoms with E-state index in [1.807, 2.05) is 0 Å². The zero-order valence-electron chi connectivity index (χ0n) is 17.8. The van der Waals surface area contributed by atoms with Crippen molar-refractivity contribution in [3.05, 3.63) is 94.5 Å². The first kappa shape index (κ1) is 28.6. The lowest BCUT2D eigenvalue weighted by atomic mass is 10.1. The summed E-state index contributed by atoms with van der Waals surface area (Å²) in [5.41, 5.74) is 2.11. The van der Waals surface area contributed by atoms with Crippen molar-refractivity contribution in [2.45, 2.75) is 7.43 Å². The molecule has 2 heterocycles. The minimum atomic E-state index is -0.287. The molecule has 3 radical (unpaired) electrons. The van der Waals surface area contributed by atoms with E-state index in [-0.39, 0.29) is 21.7 Å². The van der Waals surface area contributed by atoms with E-state index in [1.54, 1.807) is 82.7 Å². The zero-order valence-corrected chi connectivity index (χ0v) is 19.3. The maximum absolute atomic E-state index is 12.1. The molecule has 8 nitrogen and oxygen atoms in total. The number of aromatic nitrogens is 4. The minimum Gasteiger partial charge on any atom is -0.298 e. The topological polar surface area (TPSA) is 82.3 Å². The highest BCUT2D eigenvalue weighted by Gasteiger charge is 2.19. The number of carbonyl (C=O) groups excluding carboxylic acids is 2. The summed E-state index contributed by atoms with van der Waals surface area (Å²) >= 11 is 12.1. The Kier molecular flexibility index (Phi) is 11.2. The summed E-state index contributed by atoms with van der Waals surface area (Å²) in [6.07, 6.45) is 7.50. The van der Waals surface area contributed by atoms with Crippen LogP contribution < -0.4 is 0 Å². The van der Waals surface area contributed by atoms with Gasteiger partial charge in [0.05, 0.1) is 34.1 Å². The van der Waals surface area contributed by atoms with Gasteiger partial charge in [0, 0.05) is 45.8 Å². The summed E-state index contributed by atoms with van der Waals surface area (Å²) in [7, 11) is 2.96. The van der Waals surface area contributed by atoms with E-state index in [0.29, 0.717) is 32.5 Å². The first-order valence-electron chi connectivity index (χ1n) is 9.32. The number of amides is 1. The van der Waals surface area contributed by atoms with Gasteiger partial charge in [-0.25, -0.2) is 14.4 Å². The van der Waals surface area contributed by atoms with Gasteiger partial charge < -0.3 is 0 Å². The van der Waals surface area contributed by atoms with E-state index in [2.05, 4.69) is 10.2 Å². The van der Waals surface area contributed by atoms with Crippen LogP contribution in [0.25, 0.3) is 11.4 Å². The largest absolute Gasteiger partial charge is 0.298 e. The van der Waals surface area contributed by atoms with Crippen molar-refractivity contribution in [1.82, 2.24) is 24.6 Å². The Morgan fingerprint density at radius 3 is 1.97 bits per heavy atom. The van der Waals surface area contributed by atoms with E-state index in [1.165, 1.54) is 14.2 Å². The molecule has 4 rings (SSSR count). The van der Waals surface area contributed by atoms with Crippen LogP contribution in [0.4, 0.5) is 0 Å². The van der Waals surface area contributed by atoms with Crippen molar-refractivity contribution in [2.75, 3.05) is 14.2 Å². The van der Waals surface area contributed by atoms with Crippen LogP contribution >= 0.6 is 23.2 Å². The lowest BCUT2D eigenvalue weighted by Crippen LogP contribution is -2.26. The number of para-hydroxylation sites is 2. The van der Waals surface area contributed by atoms with Crippen molar-refractivity contribution in [1.29, 1.82) is 0 Å². The average molecular weight is 499 g/mol. The van der Waals surface area contributed by atoms with Gasteiger partial charge in [-0.3, -0.25) is 14.4 Å². The highest BCUT2D eigenvalue weighted by Crippen LogP contribution is 2.25. The van der Waals surface area contributed by atoms with Crippen molar-refractivity contribution in [3.8, 4) is 11.4 Å². The molecule has 2 aromatic heterocycles. The van der Waals surface area contributed by atoms with E-state index in [9.17, 15) is 9.59 Å². The summed E-state index contributed by atoms with van der Waals surface area (Å²) in [5, 5.41) is 10.2. The molecule has 0 saturated heterocycles. The predicted molar refractivity (Wildman–Crippen MR) is 134 cm³/mol. The van der Waals surface area contributed by atoms with Crippen molar-refractivity contribution < 1.29 is 14.4 Å². The Labute approximate surface area is 210 Å². The number of hydroxylamine groups is 2. The van der Waals surface area contributed by atoms with Gasteiger partial charge in [-0.15, -0.1) is 0 Å². The van der Waals surface area contributed by atoms with Crippen LogP contribution in [0.5, 0.6) is 0 Å². The van der Waals surface area contributed by atoms with Crippen LogP contribution in [-0.4, -0.2) is 59.4 Å². The zero-order chi connectivity index (χ0) is 23.1. The van der Waals surface area contributed by atoms with Gasteiger partial charge in [-0.2, -0.15) is 10.2 Å². The second kappa shape index (κ2) is 13.3. The van der Waals surface area contributed by atoms with Gasteiger partial charge in [0.1, 0.15) is 0 Å². The Bertz CT molecular complexity index is 1200. The van der Waals surface area contributed by atoms with E-state index in [0.717, 1.165) is 11.3 Å². The van der Waals surface area contributed by atoms with Crippen molar-refractivity contribution >= 4 is 43.8 Å². The molecule has 0 saturated carbocycles. The lowest BCUT2D eigenvalue weighted by molar-refractivity contribution is -0.0756. The number of carbonyl (C=O) groups is 2. The standard InChI is InChI=1S/C12H12ClN3O2.C10H7ClN2O.CH4.B/c1-15(18-2)12(17)9-5-3-6-10(13)11(9)16-8-4-7-14-16;11-9-4-1-3-8(7-14)10(9)13-6-2-5-12-13;;/h3-8H,1-2H3;1-7H;1H4;. The van der Waals surface area contributed by atoms with Gasteiger partial charge in [-0.1, -0.05) is 42.8 Å². The summed E-state index contributed by atoms with van der Waals surface area (Å²) in [5.74, 6) is -0.287. The maximum Gasteiger partial charge on any atom is 0.279 e. The third kappa shape index (κ3) is 6.35. The molecular weight excluding hydrogens is 476 g/mol. The molecule has 0 unspecified atom stereocenters. The van der Waals surface area contributed by atoms with Crippen LogP contribution in [0.15, 0.2) is 73.3 Å². The fourth-order valence-electron chi connectivity index (χ4n) is 2.84. The predicted octanol–water partition coefficient (Wildman–Crippen LogP) is 4.75. The third-order valence-corrected chi connectivity index (χ3v) is 5.00. The number of aldehydes is 1. The highest BCUT2D eigenvalue weighted by atomic mass is 35.5. The van der Waals surface area contributed by atoms with E-state index < -0.39 is 0 Å². The number of halogens is 2. The Morgan fingerprint density at radius 1 is 0.941 bits per heavy atom. The summed E-state index contributed by atoms with van der Waals surface area (Å²) in [6.45, 7) is 0. The number of hydrogen-bond acceptors (Lipinski definition) is 5. The van der Waals surface area contributed by atoms with Gasteiger partial charge in [0.2, 0.25) is 0 Å². The minimum absolute atomic E-state index is 0. The van der Waals surface area contributed by atoms with Crippen molar-refractivity contribution in [2.24, 2.45) is 0 Å². The molecule has 175 valence electrons. The van der Waals surface area contributed by atoms with Gasteiger partial charge in [0.25, 0.3) is 5.91 Å².